The Hall–Kier alpha value is -1.20. The standard InChI is InChI=1S/C15H15Cl2N3O/c16-11-7-19-15(20-8-11)6-10-1-2-12(13(17)5-10)14-9-18-3-4-21-14/h1-2,5,7-8,14,18H,3-4,6,9H2/t14-/m0/s1. The molecule has 4 nitrogen and oxygen atoms in total. The molecule has 6 heteroatoms. The van der Waals surface area contributed by atoms with Gasteiger partial charge >= 0.3 is 0 Å². The number of halogens is 2. The first kappa shape index (κ1) is 14.7. The van der Waals surface area contributed by atoms with Crippen LogP contribution in [0.1, 0.15) is 23.1 Å². The van der Waals surface area contributed by atoms with E-state index in [0.717, 1.165) is 35.1 Å². The van der Waals surface area contributed by atoms with Gasteiger partial charge < -0.3 is 10.1 Å². The average Bonchev–Trinajstić information content (AvgIpc) is 2.51. The highest BCUT2D eigenvalue weighted by molar-refractivity contribution is 6.31. The molecule has 0 radical (unpaired) electrons. The van der Waals surface area contributed by atoms with Crippen molar-refractivity contribution in [3.05, 3.63) is 57.6 Å². The van der Waals surface area contributed by atoms with Gasteiger partial charge in [-0.25, -0.2) is 9.97 Å². The second-order valence-corrected chi connectivity index (χ2v) is 5.76. The van der Waals surface area contributed by atoms with Crippen LogP contribution in [0.4, 0.5) is 0 Å². The van der Waals surface area contributed by atoms with Crippen LogP contribution < -0.4 is 5.32 Å². The molecule has 1 N–H and O–H groups in total. The minimum absolute atomic E-state index is 0.0204. The van der Waals surface area contributed by atoms with Gasteiger partial charge in [0.05, 0.1) is 17.7 Å². The molecule has 0 saturated carbocycles. The summed E-state index contributed by atoms with van der Waals surface area (Å²) in [5, 5.41) is 4.56. The fourth-order valence-electron chi connectivity index (χ4n) is 2.32. The highest BCUT2D eigenvalue weighted by Gasteiger charge is 2.18. The number of nitrogens with one attached hydrogen (secondary N) is 1. The lowest BCUT2D eigenvalue weighted by molar-refractivity contribution is 0.0277. The molecule has 1 aromatic heterocycles. The summed E-state index contributed by atoms with van der Waals surface area (Å²) in [5.74, 6) is 0.721. The van der Waals surface area contributed by atoms with Gasteiger partial charge in [0.25, 0.3) is 0 Å². The molecule has 1 fully saturated rings. The second-order valence-electron chi connectivity index (χ2n) is 4.91. The summed E-state index contributed by atoms with van der Waals surface area (Å²) in [5.41, 5.74) is 2.08. The number of ether oxygens (including phenoxy) is 1. The van der Waals surface area contributed by atoms with E-state index < -0.39 is 0 Å². The van der Waals surface area contributed by atoms with Crippen molar-refractivity contribution in [3.63, 3.8) is 0 Å². The average molecular weight is 324 g/mol. The van der Waals surface area contributed by atoms with Gasteiger partial charge in [-0.3, -0.25) is 0 Å². The van der Waals surface area contributed by atoms with E-state index in [1.807, 2.05) is 18.2 Å². The molecule has 1 aromatic carbocycles. The zero-order valence-corrected chi connectivity index (χ0v) is 12.9. The number of hydrogen-bond donors (Lipinski definition) is 1. The number of aromatic nitrogens is 2. The van der Waals surface area contributed by atoms with Gasteiger partial charge in [-0.15, -0.1) is 0 Å². The molecular formula is C15H15Cl2N3O. The van der Waals surface area contributed by atoms with E-state index in [1.54, 1.807) is 12.4 Å². The number of benzene rings is 1. The Morgan fingerprint density at radius 2 is 2.05 bits per heavy atom. The predicted octanol–water partition coefficient (Wildman–Crippen LogP) is 3.04. The normalized spacial score (nSPS) is 18.7. The molecule has 1 saturated heterocycles. The molecule has 110 valence electrons. The van der Waals surface area contributed by atoms with E-state index in [-0.39, 0.29) is 6.10 Å². The fraction of sp³-hybridized carbons (Fsp3) is 0.333. The van der Waals surface area contributed by atoms with E-state index in [4.69, 9.17) is 27.9 Å². The summed E-state index contributed by atoms with van der Waals surface area (Å²) in [6.07, 6.45) is 3.84. The lowest BCUT2D eigenvalue weighted by atomic mass is 10.0. The van der Waals surface area contributed by atoms with Crippen molar-refractivity contribution in [2.75, 3.05) is 19.7 Å². The molecular weight excluding hydrogens is 309 g/mol. The quantitative estimate of drug-likeness (QED) is 0.943. The van der Waals surface area contributed by atoms with Crippen molar-refractivity contribution in [2.45, 2.75) is 12.5 Å². The maximum Gasteiger partial charge on any atom is 0.132 e. The molecule has 1 atom stereocenters. The van der Waals surface area contributed by atoms with Crippen molar-refractivity contribution in [1.29, 1.82) is 0 Å². The predicted molar refractivity (Wildman–Crippen MR) is 82.9 cm³/mol. The Bertz CT molecular complexity index is 613. The van der Waals surface area contributed by atoms with E-state index in [9.17, 15) is 0 Å². The summed E-state index contributed by atoms with van der Waals surface area (Å²) in [6.45, 7) is 2.39. The van der Waals surface area contributed by atoms with Crippen molar-refractivity contribution in [2.24, 2.45) is 0 Å². The van der Waals surface area contributed by atoms with Gasteiger partial charge in [0, 0.05) is 42.5 Å². The van der Waals surface area contributed by atoms with Gasteiger partial charge in [0.2, 0.25) is 0 Å². The number of nitrogens with zero attached hydrogens (tertiary/aromatic N) is 2. The highest BCUT2D eigenvalue weighted by atomic mass is 35.5. The SMILES string of the molecule is Clc1cnc(Cc2ccc([C@@H]3CNCCO3)c(Cl)c2)nc1. The van der Waals surface area contributed by atoms with E-state index in [1.165, 1.54) is 0 Å². The molecule has 0 aliphatic carbocycles. The molecule has 21 heavy (non-hydrogen) atoms. The Morgan fingerprint density at radius 1 is 1.24 bits per heavy atom. The lowest BCUT2D eigenvalue weighted by Crippen LogP contribution is -2.33. The van der Waals surface area contributed by atoms with Crippen LogP contribution in [0.2, 0.25) is 10.0 Å². The Labute approximate surface area is 133 Å². The van der Waals surface area contributed by atoms with Gasteiger partial charge in [0.15, 0.2) is 0 Å². The van der Waals surface area contributed by atoms with Crippen molar-refractivity contribution in [1.82, 2.24) is 15.3 Å². The first-order chi connectivity index (χ1) is 10.2. The Balaban J connectivity index is 1.75. The number of morpholine rings is 1. The topological polar surface area (TPSA) is 47.0 Å². The lowest BCUT2D eigenvalue weighted by Gasteiger charge is -2.24. The van der Waals surface area contributed by atoms with Gasteiger partial charge in [-0.1, -0.05) is 35.3 Å². The van der Waals surface area contributed by atoms with Gasteiger partial charge in [-0.05, 0) is 11.6 Å². The van der Waals surface area contributed by atoms with Crippen LogP contribution in [0.5, 0.6) is 0 Å². The van der Waals surface area contributed by atoms with Crippen LogP contribution in [0.3, 0.4) is 0 Å². The van der Waals surface area contributed by atoms with Crippen LogP contribution in [0.15, 0.2) is 30.6 Å². The van der Waals surface area contributed by atoms with Crippen molar-refractivity contribution >= 4 is 23.2 Å². The van der Waals surface area contributed by atoms with Crippen LogP contribution >= 0.6 is 23.2 Å². The first-order valence-corrected chi connectivity index (χ1v) is 7.55. The Kier molecular flexibility index (Phi) is 4.70. The number of rotatable bonds is 3. The monoisotopic (exact) mass is 323 g/mol. The molecule has 2 heterocycles. The van der Waals surface area contributed by atoms with E-state index in [2.05, 4.69) is 15.3 Å². The summed E-state index contributed by atoms with van der Waals surface area (Å²) in [4.78, 5) is 8.39. The third kappa shape index (κ3) is 3.71. The van der Waals surface area contributed by atoms with E-state index in [0.29, 0.717) is 18.1 Å². The van der Waals surface area contributed by atoms with Crippen LogP contribution in [-0.4, -0.2) is 29.7 Å². The summed E-state index contributed by atoms with van der Waals surface area (Å²) < 4.78 is 5.73. The van der Waals surface area contributed by atoms with Crippen LogP contribution in [0.25, 0.3) is 0 Å². The third-order valence-corrected chi connectivity index (χ3v) is 3.90. The maximum absolute atomic E-state index is 6.38. The zero-order valence-electron chi connectivity index (χ0n) is 11.4. The summed E-state index contributed by atoms with van der Waals surface area (Å²) >= 11 is 12.2. The largest absolute Gasteiger partial charge is 0.371 e. The van der Waals surface area contributed by atoms with Crippen LogP contribution in [-0.2, 0) is 11.2 Å². The summed E-state index contributed by atoms with van der Waals surface area (Å²) in [6, 6.07) is 6.01. The molecule has 0 unspecified atom stereocenters. The molecule has 2 aromatic rings. The van der Waals surface area contributed by atoms with E-state index >= 15 is 0 Å². The smallest absolute Gasteiger partial charge is 0.132 e. The molecule has 0 amide bonds. The first-order valence-electron chi connectivity index (χ1n) is 6.79. The minimum Gasteiger partial charge on any atom is -0.371 e. The molecule has 0 bridgehead atoms. The van der Waals surface area contributed by atoms with Gasteiger partial charge in [0.1, 0.15) is 5.82 Å². The number of hydrogen-bond acceptors (Lipinski definition) is 4. The molecule has 1 aliphatic heterocycles. The second kappa shape index (κ2) is 6.71. The summed E-state index contributed by atoms with van der Waals surface area (Å²) in [7, 11) is 0. The maximum atomic E-state index is 6.38. The van der Waals surface area contributed by atoms with Gasteiger partial charge in [-0.2, -0.15) is 0 Å². The van der Waals surface area contributed by atoms with Crippen molar-refractivity contribution < 1.29 is 4.74 Å². The highest BCUT2D eigenvalue weighted by Crippen LogP contribution is 2.28. The molecule has 3 rings (SSSR count). The third-order valence-electron chi connectivity index (χ3n) is 3.38. The fourth-order valence-corrected chi connectivity index (χ4v) is 2.74. The Morgan fingerprint density at radius 3 is 2.71 bits per heavy atom. The molecule has 1 aliphatic rings. The minimum atomic E-state index is 0.0204. The molecule has 0 spiro atoms. The van der Waals surface area contributed by atoms with Crippen molar-refractivity contribution in [3.8, 4) is 0 Å². The van der Waals surface area contributed by atoms with Crippen LogP contribution in [0, 0.1) is 0 Å². The zero-order chi connectivity index (χ0) is 14.7.